The van der Waals surface area contributed by atoms with Gasteiger partial charge >= 0.3 is 0 Å². The molecule has 0 fully saturated rings. The summed E-state index contributed by atoms with van der Waals surface area (Å²) in [5.41, 5.74) is 0. The van der Waals surface area contributed by atoms with E-state index in [9.17, 15) is 27.2 Å². The van der Waals surface area contributed by atoms with Crippen LogP contribution in [0.3, 0.4) is 0 Å². The summed E-state index contributed by atoms with van der Waals surface area (Å²) < 4.78 is 45.1. The lowest BCUT2D eigenvalue weighted by atomic mass is 10.5. The first kappa shape index (κ1) is 18.5. The lowest BCUT2D eigenvalue weighted by Gasteiger charge is -1.97. The van der Waals surface area contributed by atoms with Crippen LogP contribution in [0.5, 0.6) is 0 Å². The predicted octanol–water partition coefficient (Wildman–Crippen LogP) is 1.11. The Kier molecular flexibility index (Phi) is 11.9. The van der Waals surface area contributed by atoms with Crippen molar-refractivity contribution < 1.29 is 27.2 Å². The molecule has 0 saturated heterocycles. The average Bonchev–Trinajstić information content (AvgIpc) is 2.33. The van der Waals surface area contributed by atoms with Crippen molar-refractivity contribution in [2.24, 2.45) is 0 Å². The first-order valence-corrected chi connectivity index (χ1v) is 4.70. The Morgan fingerprint density at radius 2 is 1.17 bits per heavy atom. The molecule has 0 aliphatic carbocycles. The standard InChI is InChI=1S/2C5H7F2NO/c2*1-2-5(9)8-3-4(6)7/h2*2,4H,1,3H2,(H,8,9). The number of hydrogen-bond acceptors (Lipinski definition) is 2. The number of rotatable bonds is 6. The van der Waals surface area contributed by atoms with Crippen molar-refractivity contribution in [3.63, 3.8) is 0 Å². The maximum Gasteiger partial charge on any atom is 0.255 e. The van der Waals surface area contributed by atoms with Gasteiger partial charge < -0.3 is 10.6 Å². The fourth-order valence-electron chi connectivity index (χ4n) is 0.500. The fraction of sp³-hybridized carbons (Fsp3) is 0.400. The van der Waals surface area contributed by atoms with Crippen molar-refractivity contribution in [3.05, 3.63) is 25.3 Å². The van der Waals surface area contributed by atoms with Crippen molar-refractivity contribution in [2.75, 3.05) is 13.1 Å². The van der Waals surface area contributed by atoms with Crippen molar-refractivity contribution in [1.29, 1.82) is 0 Å². The minimum Gasteiger partial charge on any atom is -0.347 e. The molecule has 0 spiro atoms. The van der Waals surface area contributed by atoms with Crippen molar-refractivity contribution in [1.82, 2.24) is 10.6 Å². The van der Waals surface area contributed by atoms with Gasteiger partial charge in [-0.1, -0.05) is 13.2 Å². The number of alkyl halides is 4. The molecular formula is C10H14F4N2O2. The SMILES string of the molecule is C=CC(=O)NCC(F)F.C=CC(=O)NCC(F)F. The van der Waals surface area contributed by atoms with Crippen LogP contribution in [0.1, 0.15) is 0 Å². The Labute approximate surface area is 102 Å². The maximum absolute atomic E-state index is 11.3. The summed E-state index contributed by atoms with van der Waals surface area (Å²) in [6, 6.07) is 0. The second-order valence-corrected chi connectivity index (χ2v) is 2.68. The highest BCUT2D eigenvalue weighted by Gasteiger charge is 2.02. The second kappa shape index (κ2) is 11.6. The molecule has 0 radical (unpaired) electrons. The molecule has 0 rings (SSSR count). The van der Waals surface area contributed by atoms with E-state index in [1.54, 1.807) is 0 Å². The van der Waals surface area contributed by atoms with Gasteiger partial charge in [0, 0.05) is 0 Å². The predicted molar refractivity (Wildman–Crippen MR) is 58.4 cm³/mol. The highest BCUT2D eigenvalue weighted by Crippen LogP contribution is 1.87. The minimum absolute atomic E-state index is 0.574. The van der Waals surface area contributed by atoms with Crippen LogP contribution in [0.25, 0.3) is 0 Å². The van der Waals surface area contributed by atoms with Gasteiger partial charge in [0.1, 0.15) is 0 Å². The summed E-state index contributed by atoms with van der Waals surface area (Å²) in [6.07, 6.45) is -3.09. The average molecular weight is 270 g/mol. The molecule has 0 aromatic carbocycles. The van der Waals surface area contributed by atoms with Gasteiger partial charge in [0.05, 0.1) is 13.1 Å². The van der Waals surface area contributed by atoms with Gasteiger partial charge in [0.25, 0.3) is 12.9 Å². The van der Waals surface area contributed by atoms with Crippen LogP contribution in [0.4, 0.5) is 17.6 Å². The van der Waals surface area contributed by atoms with Crippen LogP contribution in [-0.4, -0.2) is 37.8 Å². The van der Waals surface area contributed by atoms with Gasteiger partial charge in [0.2, 0.25) is 11.8 Å². The summed E-state index contributed by atoms with van der Waals surface area (Å²) in [7, 11) is 0. The molecule has 0 unspecified atom stereocenters. The fourth-order valence-corrected chi connectivity index (χ4v) is 0.500. The largest absolute Gasteiger partial charge is 0.347 e. The molecule has 0 saturated carbocycles. The van der Waals surface area contributed by atoms with Crippen LogP contribution < -0.4 is 10.6 Å². The molecule has 0 bridgehead atoms. The summed E-state index contributed by atoms with van der Waals surface area (Å²) in [5.74, 6) is -1.15. The zero-order chi connectivity index (χ0) is 14.6. The molecule has 0 aromatic rings. The third-order valence-corrected chi connectivity index (χ3v) is 1.23. The van der Waals surface area contributed by atoms with Crippen molar-refractivity contribution in [2.45, 2.75) is 12.9 Å². The molecular weight excluding hydrogens is 256 g/mol. The van der Waals surface area contributed by atoms with E-state index in [1.165, 1.54) is 0 Å². The highest BCUT2D eigenvalue weighted by molar-refractivity contribution is 5.87. The zero-order valence-corrected chi connectivity index (χ0v) is 9.47. The topological polar surface area (TPSA) is 58.2 Å². The number of hydrogen-bond donors (Lipinski definition) is 2. The third kappa shape index (κ3) is 16.6. The molecule has 104 valence electrons. The van der Waals surface area contributed by atoms with Crippen molar-refractivity contribution >= 4 is 11.8 Å². The molecule has 18 heavy (non-hydrogen) atoms. The van der Waals surface area contributed by atoms with Crippen molar-refractivity contribution in [3.8, 4) is 0 Å². The van der Waals surface area contributed by atoms with Gasteiger partial charge in [-0.3, -0.25) is 9.59 Å². The lowest BCUT2D eigenvalue weighted by Crippen LogP contribution is -2.26. The van der Waals surface area contributed by atoms with E-state index in [0.717, 1.165) is 12.2 Å². The van der Waals surface area contributed by atoms with E-state index < -0.39 is 37.8 Å². The molecule has 2 N–H and O–H groups in total. The first-order chi connectivity index (χ1) is 8.33. The zero-order valence-electron chi connectivity index (χ0n) is 9.47. The number of halogens is 4. The van der Waals surface area contributed by atoms with Crippen LogP contribution >= 0.6 is 0 Å². The summed E-state index contributed by atoms with van der Waals surface area (Å²) in [5, 5.41) is 3.85. The highest BCUT2D eigenvalue weighted by atomic mass is 19.3. The minimum atomic E-state index is -2.49. The van der Waals surface area contributed by atoms with E-state index in [2.05, 4.69) is 13.2 Å². The van der Waals surface area contributed by atoms with Crippen LogP contribution in [0.2, 0.25) is 0 Å². The Hall–Kier alpha value is -1.86. The Morgan fingerprint density at radius 1 is 0.889 bits per heavy atom. The lowest BCUT2D eigenvalue weighted by molar-refractivity contribution is -0.117. The molecule has 0 aliphatic heterocycles. The molecule has 8 heteroatoms. The monoisotopic (exact) mass is 270 g/mol. The van der Waals surface area contributed by atoms with E-state index in [0.29, 0.717) is 0 Å². The van der Waals surface area contributed by atoms with Gasteiger partial charge in [-0.2, -0.15) is 0 Å². The summed E-state index contributed by atoms with van der Waals surface area (Å²) >= 11 is 0. The van der Waals surface area contributed by atoms with Crippen LogP contribution in [0.15, 0.2) is 25.3 Å². The number of carbonyl (C=O) groups is 2. The van der Waals surface area contributed by atoms with Crippen LogP contribution in [-0.2, 0) is 9.59 Å². The molecule has 0 aliphatic rings. The molecule has 4 nitrogen and oxygen atoms in total. The van der Waals surface area contributed by atoms with E-state index in [-0.39, 0.29) is 0 Å². The number of amides is 2. The molecule has 0 aromatic heterocycles. The molecule has 2 amide bonds. The van der Waals surface area contributed by atoms with Gasteiger partial charge in [-0.15, -0.1) is 0 Å². The van der Waals surface area contributed by atoms with Gasteiger partial charge in [0.15, 0.2) is 0 Å². The van der Waals surface area contributed by atoms with Crippen LogP contribution in [0, 0.1) is 0 Å². The second-order valence-electron chi connectivity index (χ2n) is 2.68. The van der Waals surface area contributed by atoms with Gasteiger partial charge in [-0.25, -0.2) is 17.6 Å². The van der Waals surface area contributed by atoms with E-state index in [1.807, 2.05) is 10.6 Å². The molecule has 0 heterocycles. The third-order valence-electron chi connectivity index (χ3n) is 1.23. The smallest absolute Gasteiger partial charge is 0.255 e. The maximum atomic E-state index is 11.3. The van der Waals surface area contributed by atoms with Gasteiger partial charge in [-0.05, 0) is 12.2 Å². The summed E-state index contributed by atoms with van der Waals surface area (Å²) in [4.78, 5) is 20.3. The first-order valence-electron chi connectivity index (χ1n) is 4.70. The Balaban J connectivity index is 0. The van der Waals surface area contributed by atoms with E-state index in [4.69, 9.17) is 0 Å². The number of nitrogens with one attached hydrogen (secondary N) is 2. The quantitative estimate of drug-likeness (QED) is 0.561. The van der Waals surface area contributed by atoms with E-state index >= 15 is 0 Å². The Bertz CT molecular complexity index is 255. The Morgan fingerprint density at radius 3 is 1.33 bits per heavy atom. The summed E-state index contributed by atoms with van der Waals surface area (Å²) in [6.45, 7) is 4.95. The molecule has 0 atom stereocenters. The normalized spacial score (nSPS) is 9.22. The number of carbonyl (C=O) groups excluding carboxylic acids is 2.